The van der Waals surface area contributed by atoms with Crippen LogP contribution < -0.4 is 5.73 Å². The van der Waals surface area contributed by atoms with Gasteiger partial charge in [0.05, 0.1) is 0 Å². The number of rotatable bonds is 2. The molecule has 0 aliphatic carbocycles. The fraction of sp³-hybridized carbons (Fsp3) is 0.526. The molecule has 0 aliphatic heterocycles. The van der Waals surface area contributed by atoms with E-state index in [1.807, 2.05) is 47.7 Å². The van der Waals surface area contributed by atoms with Gasteiger partial charge < -0.3 is 10.5 Å². The Balaban J connectivity index is 0. The van der Waals surface area contributed by atoms with Crippen molar-refractivity contribution < 1.29 is 4.74 Å². The van der Waals surface area contributed by atoms with Gasteiger partial charge in [-0.2, -0.15) is 0 Å². The van der Waals surface area contributed by atoms with Crippen molar-refractivity contribution in [1.82, 2.24) is 4.98 Å². The van der Waals surface area contributed by atoms with Gasteiger partial charge in [0.2, 0.25) is 0 Å². The molecule has 3 heteroatoms. The summed E-state index contributed by atoms with van der Waals surface area (Å²) < 4.78 is 5.02. The number of aromatic nitrogens is 1. The maximum atomic E-state index is 5.16. The summed E-state index contributed by atoms with van der Waals surface area (Å²) in [6.07, 6.45) is 5.72. The summed E-state index contributed by atoms with van der Waals surface area (Å²) in [5, 5.41) is 0. The Bertz CT molecular complexity index is 476. The van der Waals surface area contributed by atoms with Crippen LogP contribution in [0, 0.1) is 18.8 Å². The first-order valence-corrected chi connectivity index (χ1v) is 7.78. The lowest BCUT2D eigenvalue weighted by Gasteiger charge is -2.19. The molecule has 0 atom stereocenters. The Morgan fingerprint density at radius 2 is 1.91 bits per heavy atom. The second-order valence-corrected chi connectivity index (χ2v) is 5.48. The zero-order valence-corrected chi connectivity index (χ0v) is 15.3. The average molecular weight is 304 g/mol. The monoisotopic (exact) mass is 304 g/mol. The molecule has 1 aromatic heterocycles. The van der Waals surface area contributed by atoms with Crippen molar-refractivity contribution in [1.29, 1.82) is 0 Å². The minimum atomic E-state index is -0.203. The third-order valence-corrected chi connectivity index (χ3v) is 1.92. The Labute approximate surface area is 137 Å². The van der Waals surface area contributed by atoms with Crippen LogP contribution in [0.4, 0.5) is 0 Å². The van der Waals surface area contributed by atoms with Gasteiger partial charge in [-0.1, -0.05) is 32.6 Å². The van der Waals surface area contributed by atoms with Crippen LogP contribution in [0.15, 0.2) is 30.9 Å². The van der Waals surface area contributed by atoms with Crippen LogP contribution in [0.2, 0.25) is 0 Å². The Morgan fingerprint density at radius 1 is 1.32 bits per heavy atom. The summed E-state index contributed by atoms with van der Waals surface area (Å²) >= 11 is 0. The lowest BCUT2D eigenvalue weighted by atomic mass is 10.2. The molecule has 0 bridgehead atoms. The van der Waals surface area contributed by atoms with Gasteiger partial charge in [0.1, 0.15) is 5.60 Å². The Morgan fingerprint density at radius 3 is 2.27 bits per heavy atom. The minimum absolute atomic E-state index is 0.203. The fourth-order valence-electron chi connectivity index (χ4n) is 1.31. The third kappa shape index (κ3) is 16.1. The van der Waals surface area contributed by atoms with Crippen molar-refractivity contribution in [3.8, 4) is 11.8 Å². The molecule has 0 fully saturated rings. The molecule has 1 aromatic rings. The van der Waals surface area contributed by atoms with Crippen LogP contribution in [-0.2, 0) is 4.74 Å². The predicted octanol–water partition coefficient (Wildman–Crippen LogP) is 4.80. The number of nitrogens with zero attached hydrogens (tertiary/aromatic N) is 1. The standard InChI is InChI=1S/C11H13N.C6H13NO.C2H6/c1-3-4-5-6-11-7-10(2)8-12-9-11;1-5(7)8-6(2,3)4;1-2/h7-9H,3-4H2,1-2H3;1,7H2,2-4H3;1-2H3. The van der Waals surface area contributed by atoms with Crippen molar-refractivity contribution in [3.63, 3.8) is 0 Å². The summed E-state index contributed by atoms with van der Waals surface area (Å²) in [6, 6.07) is 2.05. The van der Waals surface area contributed by atoms with Crippen LogP contribution >= 0.6 is 0 Å². The van der Waals surface area contributed by atoms with E-state index in [0.29, 0.717) is 0 Å². The largest absolute Gasteiger partial charge is 0.474 e. The molecular formula is C19H32N2O. The van der Waals surface area contributed by atoms with Crippen molar-refractivity contribution >= 4 is 0 Å². The zero-order valence-electron chi connectivity index (χ0n) is 15.3. The zero-order chi connectivity index (χ0) is 17.6. The highest BCUT2D eigenvalue weighted by molar-refractivity contribution is 5.33. The quantitative estimate of drug-likeness (QED) is 0.630. The molecule has 0 aromatic carbocycles. The SMILES string of the molecule is C=C(N)OC(C)(C)C.CC.CCCC#Cc1cncc(C)c1. The summed E-state index contributed by atoms with van der Waals surface area (Å²) in [7, 11) is 0. The Kier molecular flexibility index (Phi) is 13.0. The summed E-state index contributed by atoms with van der Waals surface area (Å²) in [5.74, 6) is 6.44. The first kappa shape index (κ1) is 22.3. The van der Waals surface area contributed by atoms with Crippen LogP contribution in [0.5, 0.6) is 0 Å². The normalized spacial score (nSPS) is 9.05. The number of pyridine rings is 1. The van der Waals surface area contributed by atoms with E-state index in [1.165, 1.54) is 5.56 Å². The lowest BCUT2D eigenvalue weighted by molar-refractivity contribution is 0.0515. The molecule has 0 spiro atoms. The second-order valence-electron chi connectivity index (χ2n) is 5.48. The van der Waals surface area contributed by atoms with Crippen molar-refractivity contribution in [2.45, 2.75) is 66.9 Å². The lowest BCUT2D eigenvalue weighted by Crippen LogP contribution is -2.21. The highest BCUT2D eigenvalue weighted by Crippen LogP contribution is 2.08. The van der Waals surface area contributed by atoms with Gasteiger partial charge in [0.25, 0.3) is 0 Å². The van der Waals surface area contributed by atoms with Gasteiger partial charge >= 0.3 is 0 Å². The molecular weight excluding hydrogens is 272 g/mol. The van der Waals surface area contributed by atoms with Gasteiger partial charge in [-0.05, 0) is 52.3 Å². The molecule has 0 aliphatic rings. The molecule has 0 amide bonds. The number of ether oxygens (including phenoxy) is 1. The predicted molar refractivity (Wildman–Crippen MR) is 96.3 cm³/mol. The first-order valence-electron chi connectivity index (χ1n) is 7.78. The molecule has 1 rings (SSSR count). The Hall–Kier alpha value is -1.95. The summed E-state index contributed by atoms with van der Waals surface area (Å²) in [4.78, 5) is 4.06. The van der Waals surface area contributed by atoms with E-state index in [-0.39, 0.29) is 11.5 Å². The van der Waals surface area contributed by atoms with Crippen LogP contribution in [0.3, 0.4) is 0 Å². The van der Waals surface area contributed by atoms with E-state index < -0.39 is 0 Å². The molecule has 0 unspecified atom stereocenters. The molecule has 3 nitrogen and oxygen atoms in total. The number of hydrogen-bond donors (Lipinski definition) is 1. The van der Waals surface area contributed by atoms with E-state index in [2.05, 4.69) is 36.4 Å². The van der Waals surface area contributed by atoms with Crippen molar-refractivity contribution in [3.05, 3.63) is 42.0 Å². The van der Waals surface area contributed by atoms with Gasteiger partial charge in [-0.25, -0.2) is 0 Å². The third-order valence-electron chi connectivity index (χ3n) is 1.92. The van der Waals surface area contributed by atoms with E-state index in [0.717, 1.165) is 18.4 Å². The van der Waals surface area contributed by atoms with Gasteiger partial charge in [-0.15, -0.1) is 0 Å². The van der Waals surface area contributed by atoms with Crippen LogP contribution in [0.25, 0.3) is 0 Å². The fourth-order valence-corrected chi connectivity index (χ4v) is 1.31. The van der Waals surface area contributed by atoms with E-state index in [9.17, 15) is 0 Å². The van der Waals surface area contributed by atoms with Gasteiger partial charge in [-0.3, -0.25) is 4.98 Å². The smallest absolute Gasteiger partial charge is 0.177 e. The van der Waals surface area contributed by atoms with Crippen LogP contribution in [-0.4, -0.2) is 10.6 Å². The molecule has 0 saturated carbocycles. The second kappa shape index (κ2) is 12.8. The van der Waals surface area contributed by atoms with Crippen molar-refractivity contribution in [2.75, 3.05) is 0 Å². The molecule has 2 N–H and O–H groups in total. The van der Waals surface area contributed by atoms with Crippen molar-refractivity contribution in [2.24, 2.45) is 5.73 Å². The number of hydrogen-bond acceptors (Lipinski definition) is 3. The number of nitrogens with two attached hydrogens (primary N) is 1. The average Bonchev–Trinajstić information content (AvgIpc) is 2.39. The molecule has 1 heterocycles. The highest BCUT2D eigenvalue weighted by Gasteiger charge is 2.09. The highest BCUT2D eigenvalue weighted by atomic mass is 16.5. The van der Waals surface area contributed by atoms with E-state index in [1.54, 1.807) is 6.20 Å². The maximum absolute atomic E-state index is 5.16. The van der Waals surface area contributed by atoms with Crippen LogP contribution in [0.1, 0.15) is 65.5 Å². The van der Waals surface area contributed by atoms with Gasteiger partial charge in [0, 0.05) is 24.4 Å². The molecule has 124 valence electrons. The van der Waals surface area contributed by atoms with Gasteiger partial charge in [0.15, 0.2) is 5.88 Å². The maximum Gasteiger partial charge on any atom is 0.177 e. The minimum Gasteiger partial charge on any atom is -0.474 e. The number of unbranched alkanes of at least 4 members (excludes halogenated alkanes) is 1. The summed E-state index contributed by atoms with van der Waals surface area (Å²) in [5.41, 5.74) is 7.14. The molecule has 0 saturated heterocycles. The topological polar surface area (TPSA) is 48.1 Å². The van der Waals surface area contributed by atoms with E-state index >= 15 is 0 Å². The van der Waals surface area contributed by atoms with E-state index in [4.69, 9.17) is 10.5 Å². The molecule has 22 heavy (non-hydrogen) atoms. The first-order chi connectivity index (χ1) is 10.2. The summed E-state index contributed by atoms with van der Waals surface area (Å²) in [6.45, 7) is 17.3. The number of aryl methyl sites for hydroxylation is 1. The molecule has 0 radical (unpaired) electrons.